The molecule has 1 amide bonds. The maximum atomic E-state index is 11.6. The molecule has 0 saturated carbocycles. The van der Waals surface area contributed by atoms with Gasteiger partial charge >= 0.3 is 5.97 Å². The van der Waals surface area contributed by atoms with E-state index in [0.29, 0.717) is 11.6 Å². The number of thioether (sulfide) groups is 1. The minimum atomic E-state index is -0.971. The summed E-state index contributed by atoms with van der Waals surface area (Å²) in [5.41, 5.74) is 0.833. The van der Waals surface area contributed by atoms with Gasteiger partial charge in [0, 0.05) is 11.6 Å². The van der Waals surface area contributed by atoms with Crippen molar-refractivity contribution >= 4 is 35.2 Å². The summed E-state index contributed by atoms with van der Waals surface area (Å²) in [4.78, 5) is 22.5. The van der Waals surface area contributed by atoms with Gasteiger partial charge in [-0.25, -0.2) is 0 Å². The highest BCUT2D eigenvalue weighted by Gasteiger charge is 2.28. The minimum absolute atomic E-state index is 0.101. The Morgan fingerprint density at radius 1 is 1.37 bits per heavy atom. The van der Waals surface area contributed by atoms with Crippen molar-refractivity contribution in [2.24, 2.45) is 0 Å². The Bertz CT molecular complexity index is 477. The fourth-order valence-corrected chi connectivity index (χ4v) is 2.11. The maximum absolute atomic E-state index is 11.6. The lowest BCUT2D eigenvalue weighted by atomic mass is 10.2. The van der Waals surface area contributed by atoms with Gasteiger partial charge in [0.25, 0.3) is 0 Å². The third-order valence-electron chi connectivity index (χ3n) is 2.51. The third-order valence-corrected chi connectivity index (χ3v) is 4.18. The summed E-state index contributed by atoms with van der Waals surface area (Å²) in [7, 11) is 0. The minimum Gasteiger partial charge on any atom is -0.480 e. The first-order chi connectivity index (χ1) is 8.83. The molecular formula is C13H16ClNO3S. The molecule has 0 radical (unpaired) electrons. The number of amides is 1. The lowest BCUT2D eigenvalue weighted by Gasteiger charge is -2.17. The summed E-state index contributed by atoms with van der Waals surface area (Å²) in [6, 6.07) is 7.25. The Morgan fingerprint density at radius 2 is 2.00 bits per heavy atom. The van der Waals surface area contributed by atoms with Crippen molar-refractivity contribution in [2.45, 2.75) is 25.1 Å². The molecule has 104 valence electrons. The van der Waals surface area contributed by atoms with E-state index in [1.807, 2.05) is 18.2 Å². The third kappa shape index (κ3) is 5.12. The molecular weight excluding hydrogens is 286 g/mol. The highest BCUT2D eigenvalue weighted by Crippen LogP contribution is 2.24. The number of carbonyl (C=O) groups excluding carboxylic acids is 1. The summed E-state index contributed by atoms with van der Waals surface area (Å²) < 4.78 is -0.971. The number of hydrogen-bond acceptors (Lipinski definition) is 3. The lowest BCUT2D eigenvalue weighted by Crippen LogP contribution is -2.32. The number of carboxylic acids is 1. The van der Waals surface area contributed by atoms with Crippen LogP contribution in [0.2, 0.25) is 5.02 Å². The molecule has 1 rings (SSSR count). The van der Waals surface area contributed by atoms with Gasteiger partial charge in [0.1, 0.15) is 4.75 Å². The molecule has 0 aromatic heterocycles. The average Bonchev–Trinajstić information content (AvgIpc) is 2.35. The van der Waals surface area contributed by atoms with Gasteiger partial charge in [-0.1, -0.05) is 29.8 Å². The predicted molar refractivity (Wildman–Crippen MR) is 77.5 cm³/mol. The van der Waals surface area contributed by atoms with E-state index in [9.17, 15) is 9.59 Å². The van der Waals surface area contributed by atoms with E-state index in [4.69, 9.17) is 16.7 Å². The van der Waals surface area contributed by atoms with Crippen LogP contribution < -0.4 is 5.32 Å². The van der Waals surface area contributed by atoms with Gasteiger partial charge in [-0.15, -0.1) is 11.8 Å². The van der Waals surface area contributed by atoms with E-state index in [0.717, 1.165) is 17.3 Å². The van der Waals surface area contributed by atoms with Crippen molar-refractivity contribution in [3.63, 3.8) is 0 Å². The summed E-state index contributed by atoms with van der Waals surface area (Å²) in [5, 5.41) is 12.2. The molecule has 0 aliphatic carbocycles. The molecule has 19 heavy (non-hydrogen) atoms. The van der Waals surface area contributed by atoms with Gasteiger partial charge in [0.05, 0.1) is 5.75 Å². The zero-order valence-electron chi connectivity index (χ0n) is 10.8. The summed E-state index contributed by atoms with van der Waals surface area (Å²) in [6.07, 6.45) is 0. The van der Waals surface area contributed by atoms with E-state index in [2.05, 4.69) is 5.32 Å². The molecule has 1 aromatic rings. The van der Waals surface area contributed by atoms with Gasteiger partial charge in [-0.2, -0.15) is 0 Å². The maximum Gasteiger partial charge on any atom is 0.319 e. The Kier molecular flexibility index (Phi) is 5.69. The molecule has 4 nitrogen and oxygen atoms in total. The molecule has 0 aliphatic heterocycles. The SMILES string of the molecule is CC(C)(SCC(=O)NCc1ccccc1Cl)C(=O)O. The zero-order chi connectivity index (χ0) is 14.5. The average molecular weight is 302 g/mol. The Hall–Kier alpha value is -1.20. The van der Waals surface area contributed by atoms with Crippen molar-refractivity contribution in [1.82, 2.24) is 5.32 Å². The van der Waals surface area contributed by atoms with E-state index in [1.165, 1.54) is 0 Å². The Labute approximate surface area is 121 Å². The standard InChI is InChI=1S/C13H16ClNO3S/c1-13(2,12(17)18)19-8-11(16)15-7-9-5-3-4-6-10(9)14/h3-6H,7-8H2,1-2H3,(H,15,16)(H,17,18). The van der Waals surface area contributed by atoms with Gasteiger partial charge in [-0.3, -0.25) is 9.59 Å². The van der Waals surface area contributed by atoms with Crippen LogP contribution in [0.1, 0.15) is 19.4 Å². The Balaban J connectivity index is 2.41. The molecule has 2 N–H and O–H groups in total. The molecule has 1 aromatic carbocycles. The molecule has 0 bridgehead atoms. The molecule has 0 atom stereocenters. The number of carbonyl (C=O) groups is 2. The molecule has 0 fully saturated rings. The zero-order valence-corrected chi connectivity index (χ0v) is 12.3. The van der Waals surface area contributed by atoms with E-state index in [1.54, 1.807) is 19.9 Å². The van der Waals surface area contributed by atoms with Gasteiger partial charge < -0.3 is 10.4 Å². The number of hydrogen-bond donors (Lipinski definition) is 2. The van der Waals surface area contributed by atoms with Crippen LogP contribution in [0, 0.1) is 0 Å². The number of halogens is 1. The van der Waals surface area contributed by atoms with Crippen LogP contribution >= 0.6 is 23.4 Å². The van der Waals surface area contributed by atoms with Gasteiger partial charge in [0.2, 0.25) is 5.91 Å². The number of benzene rings is 1. The second-order valence-corrected chi connectivity index (χ2v) is 6.48. The first-order valence-electron chi connectivity index (χ1n) is 5.70. The molecule has 0 unspecified atom stereocenters. The van der Waals surface area contributed by atoms with Crippen molar-refractivity contribution in [2.75, 3.05) is 5.75 Å². The van der Waals surface area contributed by atoms with E-state index >= 15 is 0 Å². The highest BCUT2D eigenvalue weighted by atomic mass is 35.5. The second-order valence-electron chi connectivity index (χ2n) is 4.47. The van der Waals surface area contributed by atoms with Gasteiger partial charge in [-0.05, 0) is 25.5 Å². The van der Waals surface area contributed by atoms with E-state index < -0.39 is 10.7 Å². The largest absolute Gasteiger partial charge is 0.480 e. The second kappa shape index (κ2) is 6.82. The van der Waals surface area contributed by atoms with Crippen molar-refractivity contribution in [3.05, 3.63) is 34.9 Å². The van der Waals surface area contributed by atoms with Crippen molar-refractivity contribution < 1.29 is 14.7 Å². The monoisotopic (exact) mass is 301 g/mol. The summed E-state index contributed by atoms with van der Waals surface area (Å²) in [5.74, 6) is -1.04. The number of rotatable bonds is 6. The summed E-state index contributed by atoms with van der Waals surface area (Å²) >= 11 is 7.05. The number of nitrogens with one attached hydrogen (secondary N) is 1. The topological polar surface area (TPSA) is 66.4 Å². The van der Waals surface area contributed by atoms with Gasteiger partial charge in [0.15, 0.2) is 0 Å². The Morgan fingerprint density at radius 3 is 2.58 bits per heavy atom. The first-order valence-corrected chi connectivity index (χ1v) is 7.07. The van der Waals surface area contributed by atoms with Crippen LogP contribution in [-0.2, 0) is 16.1 Å². The molecule has 0 aliphatic rings. The van der Waals surface area contributed by atoms with Crippen LogP contribution in [0.4, 0.5) is 0 Å². The fraction of sp³-hybridized carbons (Fsp3) is 0.385. The lowest BCUT2D eigenvalue weighted by molar-refractivity contribution is -0.138. The van der Waals surface area contributed by atoms with Crippen molar-refractivity contribution in [3.8, 4) is 0 Å². The van der Waals surface area contributed by atoms with Crippen LogP contribution in [-0.4, -0.2) is 27.5 Å². The van der Waals surface area contributed by atoms with Crippen molar-refractivity contribution in [1.29, 1.82) is 0 Å². The van der Waals surface area contributed by atoms with Crippen LogP contribution in [0.5, 0.6) is 0 Å². The number of aliphatic carboxylic acids is 1. The highest BCUT2D eigenvalue weighted by molar-refractivity contribution is 8.01. The molecule has 0 saturated heterocycles. The van der Waals surface area contributed by atoms with E-state index in [-0.39, 0.29) is 11.7 Å². The van der Waals surface area contributed by atoms with Crippen LogP contribution in [0.15, 0.2) is 24.3 Å². The smallest absolute Gasteiger partial charge is 0.319 e. The van der Waals surface area contributed by atoms with Crippen LogP contribution in [0.3, 0.4) is 0 Å². The summed E-state index contributed by atoms with van der Waals surface area (Å²) in [6.45, 7) is 3.48. The molecule has 6 heteroatoms. The number of carboxylic acid groups (broad SMARTS) is 1. The molecule has 0 spiro atoms. The molecule has 0 heterocycles. The quantitative estimate of drug-likeness (QED) is 0.847. The first kappa shape index (κ1) is 15.9. The predicted octanol–water partition coefficient (Wildman–Crippen LogP) is 2.55. The normalized spacial score (nSPS) is 11.1. The fourth-order valence-electron chi connectivity index (χ4n) is 1.19. The van der Waals surface area contributed by atoms with Crippen LogP contribution in [0.25, 0.3) is 0 Å².